The molecule has 0 bridgehead atoms. The number of hydrogen-bond donors (Lipinski definition) is 1. The average Bonchev–Trinajstić information content (AvgIpc) is 2.83. The van der Waals surface area contributed by atoms with Gasteiger partial charge < -0.3 is 10.2 Å². The Morgan fingerprint density at radius 1 is 1.33 bits per heavy atom. The molecule has 2 heterocycles. The van der Waals surface area contributed by atoms with E-state index in [1.807, 2.05) is 6.92 Å². The van der Waals surface area contributed by atoms with Crippen LogP contribution in [0.4, 0.5) is 5.82 Å². The summed E-state index contributed by atoms with van der Waals surface area (Å²) in [5.74, 6) is 2.13. The Morgan fingerprint density at radius 2 is 2.04 bits per heavy atom. The molecule has 24 heavy (non-hydrogen) atoms. The average molecular weight is 350 g/mol. The van der Waals surface area contributed by atoms with Crippen LogP contribution in [0.2, 0.25) is 0 Å². The van der Waals surface area contributed by atoms with E-state index in [2.05, 4.69) is 31.2 Å². The molecule has 1 N–H and O–H groups in total. The summed E-state index contributed by atoms with van der Waals surface area (Å²) in [5.41, 5.74) is 1.43. The second-order valence-corrected chi connectivity index (χ2v) is 9.15. The summed E-state index contributed by atoms with van der Waals surface area (Å²) in [4.78, 5) is 15.2. The Labute approximate surface area is 145 Å². The van der Waals surface area contributed by atoms with Crippen LogP contribution < -0.4 is 5.32 Å². The van der Waals surface area contributed by atoms with Crippen molar-refractivity contribution in [1.29, 1.82) is 0 Å². The first-order chi connectivity index (χ1) is 11.3. The number of nitrogens with one attached hydrogen (secondary N) is 1. The van der Waals surface area contributed by atoms with Crippen molar-refractivity contribution >= 4 is 22.3 Å². The van der Waals surface area contributed by atoms with Crippen molar-refractivity contribution in [1.82, 2.24) is 9.97 Å². The zero-order chi connectivity index (χ0) is 17.5. The van der Waals surface area contributed by atoms with Gasteiger partial charge in [-0.3, -0.25) is 4.21 Å². The first-order valence-corrected chi connectivity index (χ1v) is 9.75. The highest BCUT2D eigenvalue weighted by Gasteiger charge is 2.42. The Bertz CT molecular complexity index is 705. The van der Waals surface area contributed by atoms with Crippen LogP contribution in [0.3, 0.4) is 0 Å². The zero-order valence-electron chi connectivity index (χ0n) is 15.1. The van der Waals surface area contributed by atoms with E-state index in [1.54, 1.807) is 7.11 Å². The highest BCUT2D eigenvalue weighted by molar-refractivity contribution is 7.85. The molecule has 132 valence electrons. The lowest BCUT2D eigenvalue weighted by atomic mass is 9.73. The molecule has 6 nitrogen and oxygen atoms in total. The number of oxime groups is 1. The Balaban J connectivity index is 2.05. The molecule has 1 aliphatic carbocycles. The number of aryl methyl sites for hydroxylation is 1. The van der Waals surface area contributed by atoms with Gasteiger partial charge in [0.05, 0.1) is 27.7 Å². The topological polar surface area (TPSA) is 76.5 Å². The lowest BCUT2D eigenvalue weighted by molar-refractivity contribution is 0.206. The molecule has 1 saturated carbocycles. The molecule has 1 aromatic rings. The largest absolute Gasteiger partial charge is 0.399 e. The molecule has 0 saturated heterocycles. The number of hydrogen-bond acceptors (Lipinski definition) is 6. The lowest BCUT2D eigenvalue weighted by Gasteiger charge is -2.42. The maximum absolute atomic E-state index is 12.5. The van der Waals surface area contributed by atoms with Crippen molar-refractivity contribution in [3.8, 4) is 0 Å². The van der Waals surface area contributed by atoms with Gasteiger partial charge in [0, 0.05) is 17.6 Å². The fraction of sp³-hybridized carbons (Fsp3) is 0.706. The van der Waals surface area contributed by atoms with Gasteiger partial charge >= 0.3 is 0 Å². The molecule has 0 aromatic carbocycles. The quantitative estimate of drug-likeness (QED) is 0.667. The minimum absolute atomic E-state index is 0.155. The van der Waals surface area contributed by atoms with Crippen molar-refractivity contribution in [2.75, 3.05) is 18.2 Å². The van der Waals surface area contributed by atoms with Crippen molar-refractivity contribution < 1.29 is 9.05 Å². The molecule has 2 aliphatic rings. The number of nitrogens with zero attached hydrogens (tertiary/aromatic N) is 3. The molecule has 1 aromatic heterocycles. The Morgan fingerprint density at radius 3 is 2.58 bits per heavy atom. The van der Waals surface area contributed by atoms with Gasteiger partial charge in [0.1, 0.15) is 23.6 Å². The normalized spacial score (nSPS) is 22.7. The Hall–Kier alpha value is -1.50. The highest BCUT2D eigenvalue weighted by Crippen LogP contribution is 2.39. The van der Waals surface area contributed by atoms with Gasteiger partial charge in [-0.25, -0.2) is 9.97 Å². The number of fused-ring (bicyclic) bond motifs is 1. The van der Waals surface area contributed by atoms with Gasteiger partial charge in [0.25, 0.3) is 0 Å². The first kappa shape index (κ1) is 17.3. The van der Waals surface area contributed by atoms with E-state index in [4.69, 9.17) is 14.8 Å². The van der Waals surface area contributed by atoms with E-state index in [0.29, 0.717) is 11.6 Å². The molecule has 1 aliphatic heterocycles. The van der Waals surface area contributed by atoms with E-state index in [-0.39, 0.29) is 11.0 Å². The van der Waals surface area contributed by atoms with E-state index >= 15 is 0 Å². The van der Waals surface area contributed by atoms with Crippen LogP contribution in [0.15, 0.2) is 10.1 Å². The molecule has 0 amide bonds. The summed E-state index contributed by atoms with van der Waals surface area (Å²) in [5, 5.41) is 7.70. The van der Waals surface area contributed by atoms with E-state index in [9.17, 15) is 4.21 Å². The minimum atomic E-state index is -1.03. The standard InChI is InChI=1S/C17H26N4O2S/c1-11(21-23-5)17(8-6-9-17)20-14-13-12(7-10-24(13)22)18-15(19-14)16(2,3)4/h6-10H2,1-5H3,(H,18,19,20)/b21-11+. The van der Waals surface area contributed by atoms with Crippen molar-refractivity contribution in [2.24, 2.45) is 5.16 Å². The van der Waals surface area contributed by atoms with Crippen LogP contribution >= 0.6 is 0 Å². The molecule has 3 rings (SSSR count). The summed E-state index contributed by atoms with van der Waals surface area (Å²) in [7, 11) is 0.528. The summed E-state index contributed by atoms with van der Waals surface area (Å²) >= 11 is 0. The monoisotopic (exact) mass is 350 g/mol. The molecular weight excluding hydrogens is 324 g/mol. The van der Waals surface area contributed by atoms with E-state index in [0.717, 1.165) is 47.8 Å². The maximum atomic E-state index is 12.5. The van der Waals surface area contributed by atoms with Crippen LogP contribution in [0.5, 0.6) is 0 Å². The summed E-state index contributed by atoms with van der Waals surface area (Å²) in [6.45, 7) is 8.27. The lowest BCUT2D eigenvalue weighted by Crippen LogP contribution is -2.51. The summed E-state index contributed by atoms with van der Waals surface area (Å²) in [6, 6.07) is 0. The molecule has 1 atom stereocenters. The Kier molecular flexibility index (Phi) is 4.40. The van der Waals surface area contributed by atoms with Gasteiger partial charge in [-0.15, -0.1) is 0 Å². The third-order valence-electron chi connectivity index (χ3n) is 4.84. The maximum Gasteiger partial charge on any atom is 0.147 e. The molecule has 7 heteroatoms. The first-order valence-electron chi connectivity index (χ1n) is 8.43. The molecule has 1 fully saturated rings. The third-order valence-corrected chi connectivity index (χ3v) is 6.30. The smallest absolute Gasteiger partial charge is 0.147 e. The number of rotatable bonds is 4. The van der Waals surface area contributed by atoms with Crippen LogP contribution in [-0.4, -0.2) is 38.3 Å². The van der Waals surface area contributed by atoms with Crippen LogP contribution in [0.1, 0.15) is 58.5 Å². The summed E-state index contributed by atoms with van der Waals surface area (Å²) in [6.07, 6.45) is 3.83. The molecular formula is C17H26N4O2S. The van der Waals surface area contributed by atoms with Crippen molar-refractivity contribution in [3.63, 3.8) is 0 Å². The second-order valence-electron chi connectivity index (χ2n) is 7.64. The predicted octanol–water partition coefficient (Wildman–Crippen LogP) is 2.79. The molecule has 0 radical (unpaired) electrons. The SMILES string of the molecule is CO/N=C(\C)C1(Nc2nc(C(C)(C)C)nc3c2S(=O)CC3)CCC1. The number of aromatic nitrogens is 2. The second kappa shape index (κ2) is 6.10. The molecule has 1 unspecified atom stereocenters. The van der Waals surface area contributed by atoms with Gasteiger partial charge in [-0.1, -0.05) is 25.9 Å². The number of anilines is 1. The van der Waals surface area contributed by atoms with Crippen molar-refractivity contribution in [3.05, 3.63) is 11.5 Å². The molecule has 0 spiro atoms. The van der Waals surface area contributed by atoms with E-state index < -0.39 is 10.8 Å². The van der Waals surface area contributed by atoms with Crippen LogP contribution in [0, 0.1) is 0 Å². The minimum Gasteiger partial charge on any atom is -0.399 e. The van der Waals surface area contributed by atoms with Gasteiger partial charge in [0.15, 0.2) is 0 Å². The van der Waals surface area contributed by atoms with Crippen molar-refractivity contribution in [2.45, 2.75) is 69.2 Å². The van der Waals surface area contributed by atoms with Crippen LogP contribution in [0.25, 0.3) is 0 Å². The third kappa shape index (κ3) is 2.94. The van der Waals surface area contributed by atoms with Crippen LogP contribution in [-0.2, 0) is 27.5 Å². The van der Waals surface area contributed by atoms with Gasteiger partial charge in [0.2, 0.25) is 0 Å². The zero-order valence-corrected chi connectivity index (χ0v) is 15.9. The van der Waals surface area contributed by atoms with Gasteiger partial charge in [-0.2, -0.15) is 0 Å². The fourth-order valence-corrected chi connectivity index (χ4v) is 4.48. The predicted molar refractivity (Wildman–Crippen MR) is 96.0 cm³/mol. The fourth-order valence-electron chi connectivity index (χ4n) is 3.18. The van der Waals surface area contributed by atoms with E-state index in [1.165, 1.54) is 0 Å². The van der Waals surface area contributed by atoms with Gasteiger partial charge in [-0.05, 0) is 26.2 Å². The summed E-state index contributed by atoms with van der Waals surface area (Å²) < 4.78 is 12.5. The highest BCUT2D eigenvalue weighted by atomic mass is 32.2.